The predicted molar refractivity (Wildman–Crippen MR) is 73.0 cm³/mol. The Bertz CT molecular complexity index is 377. The van der Waals surface area contributed by atoms with Gasteiger partial charge in [0.1, 0.15) is 0 Å². The smallest absolute Gasteiger partial charge is 0.0208 e. The lowest BCUT2D eigenvalue weighted by atomic mass is 9.94. The first kappa shape index (κ1) is 12.6. The van der Waals surface area contributed by atoms with E-state index < -0.39 is 0 Å². The minimum atomic E-state index is 0.358. The van der Waals surface area contributed by atoms with Crippen LogP contribution in [0.5, 0.6) is 0 Å². The van der Waals surface area contributed by atoms with Gasteiger partial charge >= 0.3 is 0 Å². The van der Waals surface area contributed by atoms with Crippen molar-refractivity contribution >= 4 is 0 Å². The molecule has 0 aliphatic carbocycles. The Morgan fingerprint density at radius 3 is 2.88 bits per heavy atom. The summed E-state index contributed by atoms with van der Waals surface area (Å²) in [6.07, 6.45) is 1.17. The van der Waals surface area contributed by atoms with Crippen molar-refractivity contribution in [1.29, 1.82) is 0 Å². The predicted octanol–water partition coefficient (Wildman–Crippen LogP) is 2.47. The summed E-state index contributed by atoms with van der Waals surface area (Å²) in [6, 6.07) is 6.69. The maximum Gasteiger partial charge on any atom is 0.0208 e. The summed E-state index contributed by atoms with van der Waals surface area (Å²) in [4.78, 5) is 0. The average Bonchev–Trinajstić information content (AvgIpc) is 2.28. The highest BCUT2D eigenvalue weighted by molar-refractivity contribution is 5.36. The standard InChI is InChI=1S/C15H24N2/c1-15(2,3)11-17-10-13-6-4-5-12-9-16-8-7-14(12)13/h4-6,16-17H,7-11H2,1-3H3. The lowest BCUT2D eigenvalue weighted by Gasteiger charge is -2.22. The lowest BCUT2D eigenvalue weighted by Crippen LogP contribution is -2.29. The van der Waals surface area contributed by atoms with Gasteiger partial charge in [0.2, 0.25) is 0 Å². The molecule has 0 radical (unpaired) electrons. The van der Waals surface area contributed by atoms with E-state index in [1.54, 1.807) is 5.56 Å². The molecule has 0 spiro atoms. The van der Waals surface area contributed by atoms with Crippen molar-refractivity contribution in [3.8, 4) is 0 Å². The fraction of sp³-hybridized carbons (Fsp3) is 0.600. The van der Waals surface area contributed by atoms with Gasteiger partial charge in [-0.3, -0.25) is 0 Å². The van der Waals surface area contributed by atoms with Crippen LogP contribution in [0, 0.1) is 5.41 Å². The van der Waals surface area contributed by atoms with Crippen molar-refractivity contribution in [1.82, 2.24) is 10.6 Å². The molecule has 0 fully saturated rings. The zero-order chi connectivity index (χ0) is 12.3. The van der Waals surface area contributed by atoms with Crippen LogP contribution in [0.1, 0.15) is 37.5 Å². The van der Waals surface area contributed by atoms with Gasteiger partial charge in [-0.1, -0.05) is 39.0 Å². The number of benzene rings is 1. The molecule has 2 heteroatoms. The van der Waals surface area contributed by atoms with Crippen LogP contribution in [0.15, 0.2) is 18.2 Å². The first-order valence-corrected chi connectivity index (χ1v) is 6.57. The van der Waals surface area contributed by atoms with Crippen molar-refractivity contribution in [2.75, 3.05) is 13.1 Å². The largest absolute Gasteiger partial charge is 0.312 e. The Morgan fingerprint density at radius 2 is 2.12 bits per heavy atom. The summed E-state index contributed by atoms with van der Waals surface area (Å²) in [5, 5.41) is 7.00. The van der Waals surface area contributed by atoms with Gasteiger partial charge in [-0.2, -0.15) is 0 Å². The van der Waals surface area contributed by atoms with Crippen molar-refractivity contribution in [3.05, 3.63) is 34.9 Å². The van der Waals surface area contributed by atoms with E-state index in [0.717, 1.165) is 26.2 Å². The Hall–Kier alpha value is -0.860. The number of hydrogen-bond donors (Lipinski definition) is 2. The summed E-state index contributed by atoms with van der Waals surface area (Å²) in [5.41, 5.74) is 4.88. The van der Waals surface area contributed by atoms with Gasteiger partial charge in [0, 0.05) is 19.6 Å². The first-order chi connectivity index (χ1) is 8.06. The molecule has 0 saturated carbocycles. The fourth-order valence-corrected chi connectivity index (χ4v) is 2.35. The van der Waals surface area contributed by atoms with Crippen LogP contribution in [0.3, 0.4) is 0 Å². The van der Waals surface area contributed by atoms with Gasteiger partial charge in [-0.15, -0.1) is 0 Å². The Balaban J connectivity index is 2.01. The van der Waals surface area contributed by atoms with Gasteiger partial charge in [0.15, 0.2) is 0 Å². The van der Waals surface area contributed by atoms with Gasteiger partial charge in [0.25, 0.3) is 0 Å². The topological polar surface area (TPSA) is 24.1 Å². The second-order valence-corrected chi connectivity index (χ2v) is 6.15. The molecule has 1 aliphatic rings. The molecule has 0 aromatic heterocycles. The minimum absolute atomic E-state index is 0.358. The third kappa shape index (κ3) is 3.55. The van der Waals surface area contributed by atoms with Gasteiger partial charge in [-0.25, -0.2) is 0 Å². The van der Waals surface area contributed by atoms with Crippen molar-refractivity contribution in [2.45, 2.75) is 40.3 Å². The SMILES string of the molecule is CC(C)(C)CNCc1cccc2c1CCNC2. The molecule has 2 nitrogen and oxygen atoms in total. The molecule has 17 heavy (non-hydrogen) atoms. The molecule has 0 saturated heterocycles. The molecule has 2 N–H and O–H groups in total. The number of nitrogens with one attached hydrogen (secondary N) is 2. The second-order valence-electron chi connectivity index (χ2n) is 6.15. The summed E-state index contributed by atoms with van der Waals surface area (Å²) in [5.74, 6) is 0. The van der Waals surface area contributed by atoms with Crippen LogP contribution in [0.25, 0.3) is 0 Å². The Kier molecular flexibility index (Phi) is 3.85. The molecular weight excluding hydrogens is 208 g/mol. The van der Waals surface area contributed by atoms with Crippen LogP contribution in [0.4, 0.5) is 0 Å². The molecule has 1 heterocycles. The van der Waals surface area contributed by atoms with E-state index in [1.165, 1.54) is 17.5 Å². The van der Waals surface area contributed by atoms with Crippen LogP contribution < -0.4 is 10.6 Å². The van der Waals surface area contributed by atoms with E-state index >= 15 is 0 Å². The molecule has 0 bridgehead atoms. The molecule has 0 atom stereocenters. The average molecular weight is 232 g/mol. The van der Waals surface area contributed by atoms with Crippen LogP contribution in [0.2, 0.25) is 0 Å². The molecule has 0 unspecified atom stereocenters. The summed E-state index contributed by atoms with van der Waals surface area (Å²) < 4.78 is 0. The third-order valence-electron chi connectivity index (χ3n) is 3.21. The Labute approximate surface area is 105 Å². The molecule has 2 rings (SSSR count). The molecule has 1 aliphatic heterocycles. The van der Waals surface area contributed by atoms with E-state index in [2.05, 4.69) is 49.6 Å². The third-order valence-corrected chi connectivity index (χ3v) is 3.21. The maximum absolute atomic E-state index is 3.57. The summed E-state index contributed by atoms with van der Waals surface area (Å²) >= 11 is 0. The highest BCUT2D eigenvalue weighted by Gasteiger charge is 2.13. The number of fused-ring (bicyclic) bond motifs is 1. The molecule has 1 aromatic carbocycles. The lowest BCUT2D eigenvalue weighted by molar-refractivity contribution is 0.379. The van der Waals surface area contributed by atoms with E-state index in [0.29, 0.717) is 5.41 Å². The van der Waals surface area contributed by atoms with Crippen molar-refractivity contribution < 1.29 is 0 Å². The van der Waals surface area contributed by atoms with E-state index in [4.69, 9.17) is 0 Å². The monoisotopic (exact) mass is 232 g/mol. The van der Waals surface area contributed by atoms with Crippen LogP contribution in [-0.4, -0.2) is 13.1 Å². The van der Waals surface area contributed by atoms with E-state index in [9.17, 15) is 0 Å². The summed E-state index contributed by atoms with van der Waals surface area (Å²) in [6.45, 7) is 11.0. The quantitative estimate of drug-likeness (QED) is 0.836. The fourth-order valence-electron chi connectivity index (χ4n) is 2.35. The van der Waals surface area contributed by atoms with Gasteiger partial charge < -0.3 is 10.6 Å². The highest BCUT2D eigenvalue weighted by Crippen LogP contribution is 2.19. The van der Waals surface area contributed by atoms with Gasteiger partial charge in [-0.05, 0) is 35.1 Å². The zero-order valence-corrected chi connectivity index (χ0v) is 11.3. The molecular formula is C15H24N2. The zero-order valence-electron chi connectivity index (χ0n) is 11.3. The van der Waals surface area contributed by atoms with Gasteiger partial charge in [0.05, 0.1) is 0 Å². The summed E-state index contributed by atoms with van der Waals surface area (Å²) in [7, 11) is 0. The van der Waals surface area contributed by atoms with Crippen molar-refractivity contribution in [3.63, 3.8) is 0 Å². The highest BCUT2D eigenvalue weighted by atomic mass is 14.9. The minimum Gasteiger partial charge on any atom is -0.312 e. The Morgan fingerprint density at radius 1 is 1.29 bits per heavy atom. The molecule has 1 aromatic rings. The van der Waals surface area contributed by atoms with E-state index in [-0.39, 0.29) is 0 Å². The normalized spacial score (nSPS) is 15.7. The van der Waals surface area contributed by atoms with Crippen molar-refractivity contribution in [2.24, 2.45) is 5.41 Å². The van der Waals surface area contributed by atoms with Crippen LogP contribution in [-0.2, 0) is 19.5 Å². The maximum atomic E-state index is 3.57. The second kappa shape index (κ2) is 5.19. The first-order valence-electron chi connectivity index (χ1n) is 6.57. The molecule has 0 amide bonds. The van der Waals surface area contributed by atoms with E-state index in [1.807, 2.05) is 0 Å². The number of rotatable bonds is 3. The molecule has 94 valence electrons. The van der Waals surface area contributed by atoms with Crippen LogP contribution >= 0.6 is 0 Å². The number of hydrogen-bond acceptors (Lipinski definition) is 2.